The van der Waals surface area contributed by atoms with Crippen LogP contribution in [0.25, 0.3) is 0 Å². The fourth-order valence-corrected chi connectivity index (χ4v) is 1.86. The van der Waals surface area contributed by atoms with Gasteiger partial charge in [0.05, 0.1) is 17.4 Å². The minimum Gasteiger partial charge on any atom is -0.368 e. The predicted octanol–water partition coefficient (Wildman–Crippen LogP) is 0.657. The first-order valence-electron chi connectivity index (χ1n) is 6.55. The predicted molar refractivity (Wildman–Crippen MR) is 77.3 cm³/mol. The number of amides is 2. The summed E-state index contributed by atoms with van der Waals surface area (Å²) >= 11 is 0. The molecular formula is C14H16N4O4. The molecule has 3 N–H and O–H groups in total. The van der Waals surface area contributed by atoms with Gasteiger partial charge in [-0.05, 0) is 18.9 Å². The molecule has 116 valence electrons. The Bertz CT molecular complexity index is 624. The molecule has 0 aliphatic rings. The third-order valence-corrected chi connectivity index (χ3v) is 2.97. The van der Waals surface area contributed by atoms with Crippen LogP contribution < -0.4 is 11.1 Å². The average molecular weight is 304 g/mol. The van der Waals surface area contributed by atoms with E-state index in [1.165, 1.54) is 18.2 Å². The van der Waals surface area contributed by atoms with Gasteiger partial charge >= 0.3 is 0 Å². The Morgan fingerprint density at radius 1 is 1.50 bits per heavy atom. The molecule has 0 bridgehead atoms. The molecule has 2 amide bonds. The molecule has 0 saturated heterocycles. The van der Waals surface area contributed by atoms with Crippen LogP contribution in [-0.4, -0.2) is 22.8 Å². The smallest absolute Gasteiger partial charge is 0.269 e. The third kappa shape index (κ3) is 5.20. The van der Waals surface area contributed by atoms with Gasteiger partial charge in [0.1, 0.15) is 6.04 Å². The van der Waals surface area contributed by atoms with E-state index in [-0.39, 0.29) is 18.5 Å². The number of carbonyl (C=O) groups is 2. The van der Waals surface area contributed by atoms with Crippen molar-refractivity contribution in [1.29, 1.82) is 5.26 Å². The van der Waals surface area contributed by atoms with Gasteiger partial charge in [0.15, 0.2) is 0 Å². The fourth-order valence-electron chi connectivity index (χ4n) is 1.86. The maximum atomic E-state index is 11.9. The summed E-state index contributed by atoms with van der Waals surface area (Å²) in [4.78, 5) is 33.3. The highest BCUT2D eigenvalue weighted by atomic mass is 16.6. The summed E-state index contributed by atoms with van der Waals surface area (Å²) in [7, 11) is 0. The van der Waals surface area contributed by atoms with Gasteiger partial charge in [-0.1, -0.05) is 12.1 Å². The second-order valence-electron chi connectivity index (χ2n) is 4.89. The van der Waals surface area contributed by atoms with Gasteiger partial charge in [0.25, 0.3) is 5.69 Å². The summed E-state index contributed by atoms with van der Waals surface area (Å²) in [5.41, 5.74) is 5.52. The van der Waals surface area contributed by atoms with Crippen molar-refractivity contribution in [3.8, 4) is 6.07 Å². The van der Waals surface area contributed by atoms with Gasteiger partial charge in [0.2, 0.25) is 11.8 Å². The standard InChI is InChI=1S/C14H16N4O4/c1-9(8-15)5-12(14(16)20)17-13(19)7-10-3-2-4-11(6-10)18(21)22/h2-4,6,9,12H,5,7H2,1H3,(H2,16,20)(H,17,19)/t9-,12+/m0/s1. The Kier molecular flexibility index (Phi) is 6.01. The quantitative estimate of drug-likeness (QED) is 0.562. The van der Waals surface area contributed by atoms with E-state index in [0.29, 0.717) is 5.56 Å². The Hall–Kier alpha value is -2.95. The number of nitro benzene ring substituents is 1. The van der Waals surface area contributed by atoms with Crippen LogP contribution in [0.1, 0.15) is 18.9 Å². The first kappa shape index (κ1) is 17.1. The van der Waals surface area contributed by atoms with Crippen LogP contribution >= 0.6 is 0 Å². The molecule has 0 saturated carbocycles. The Labute approximate surface area is 127 Å². The molecule has 1 rings (SSSR count). The van der Waals surface area contributed by atoms with E-state index in [9.17, 15) is 19.7 Å². The number of hydrogen-bond acceptors (Lipinski definition) is 5. The number of nitrogens with one attached hydrogen (secondary N) is 1. The SMILES string of the molecule is C[C@H](C#N)C[C@@H](NC(=O)Cc1cccc([N+](=O)[O-])c1)C(N)=O. The van der Waals surface area contributed by atoms with E-state index in [0.717, 1.165) is 0 Å². The molecular weight excluding hydrogens is 288 g/mol. The Balaban J connectivity index is 2.71. The second kappa shape index (κ2) is 7.73. The van der Waals surface area contributed by atoms with Crippen molar-refractivity contribution in [2.75, 3.05) is 0 Å². The van der Waals surface area contributed by atoms with E-state index >= 15 is 0 Å². The van der Waals surface area contributed by atoms with Crippen LogP contribution in [0.3, 0.4) is 0 Å². The summed E-state index contributed by atoms with van der Waals surface area (Å²) in [6.45, 7) is 1.61. The van der Waals surface area contributed by atoms with Crippen molar-refractivity contribution in [2.24, 2.45) is 11.7 Å². The van der Waals surface area contributed by atoms with Crippen LogP contribution in [0.2, 0.25) is 0 Å². The maximum absolute atomic E-state index is 11.9. The lowest BCUT2D eigenvalue weighted by molar-refractivity contribution is -0.384. The normalized spacial score (nSPS) is 12.7. The highest BCUT2D eigenvalue weighted by Gasteiger charge is 2.21. The van der Waals surface area contributed by atoms with Crippen molar-refractivity contribution >= 4 is 17.5 Å². The lowest BCUT2D eigenvalue weighted by Crippen LogP contribution is -2.45. The number of carbonyl (C=O) groups excluding carboxylic acids is 2. The number of hydrogen-bond donors (Lipinski definition) is 2. The first-order valence-corrected chi connectivity index (χ1v) is 6.55. The van der Waals surface area contributed by atoms with Crippen molar-refractivity contribution in [2.45, 2.75) is 25.8 Å². The molecule has 0 radical (unpaired) electrons. The molecule has 8 nitrogen and oxygen atoms in total. The Morgan fingerprint density at radius 3 is 2.73 bits per heavy atom. The number of primary amides is 1. The van der Waals surface area contributed by atoms with E-state index in [2.05, 4.69) is 5.32 Å². The van der Waals surface area contributed by atoms with Crippen molar-refractivity contribution in [1.82, 2.24) is 5.32 Å². The molecule has 1 aromatic carbocycles. The number of nitriles is 1. The molecule has 0 heterocycles. The van der Waals surface area contributed by atoms with Gasteiger partial charge in [-0.15, -0.1) is 0 Å². The Morgan fingerprint density at radius 2 is 2.18 bits per heavy atom. The van der Waals surface area contributed by atoms with Gasteiger partial charge in [-0.3, -0.25) is 19.7 Å². The van der Waals surface area contributed by atoms with E-state index in [1.54, 1.807) is 13.0 Å². The lowest BCUT2D eigenvalue weighted by atomic mass is 10.0. The second-order valence-corrected chi connectivity index (χ2v) is 4.89. The molecule has 0 fully saturated rings. The summed E-state index contributed by atoms with van der Waals surface area (Å²) in [6, 6.07) is 6.67. The van der Waals surface area contributed by atoms with E-state index in [1.807, 2.05) is 6.07 Å². The van der Waals surface area contributed by atoms with Gasteiger partial charge in [0, 0.05) is 18.1 Å². The first-order chi connectivity index (χ1) is 10.3. The summed E-state index contributed by atoms with van der Waals surface area (Å²) in [5.74, 6) is -1.65. The lowest BCUT2D eigenvalue weighted by Gasteiger charge is -2.16. The van der Waals surface area contributed by atoms with Crippen molar-refractivity contribution < 1.29 is 14.5 Å². The minimum absolute atomic E-state index is 0.116. The molecule has 22 heavy (non-hydrogen) atoms. The van der Waals surface area contributed by atoms with Crippen molar-refractivity contribution in [3.05, 3.63) is 39.9 Å². The number of nitrogens with two attached hydrogens (primary N) is 1. The molecule has 8 heteroatoms. The van der Waals surface area contributed by atoms with Crippen LogP contribution in [-0.2, 0) is 16.0 Å². The number of non-ortho nitro benzene ring substituents is 1. The monoisotopic (exact) mass is 304 g/mol. The molecule has 0 aromatic heterocycles. The molecule has 0 aliphatic carbocycles. The molecule has 0 unspecified atom stereocenters. The number of rotatable bonds is 7. The summed E-state index contributed by atoms with van der Waals surface area (Å²) in [5, 5.41) is 21.9. The molecule has 0 spiro atoms. The number of benzene rings is 1. The van der Waals surface area contributed by atoms with Crippen LogP contribution in [0, 0.1) is 27.4 Å². The van der Waals surface area contributed by atoms with Crippen molar-refractivity contribution in [3.63, 3.8) is 0 Å². The third-order valence-electron chi connectivity index (χ3n) is 2.97. The number of nitro groups is 1. The molecule has 2 atom stereocenters. The van der Waals surface area contributed by atoms with E-state index in [4.69, 9.17) is 11.0 Å². The zero-order chi connectivity index (χ0) is 16.7. The highest BCUT2D eigenvalue weighted by Crippen LogP contribution is 2.13. The average Bonchev–Trinajstić information content (AvgIpc) is 2.46. The summed E-state index contributed by atoms with van der Waals surface area (Å²) in [6.07, 6.45) is -0.00109. The van der Waals surface area contributed by atoms with E-state index < -0.39 is 28.7 Å². The summed E-state index contributed by atoms with van der Waals surface area (Å²) < 4.78 is 0. The fraction of sp³-hybridized carbons (Fsp3) is 0.357. The zero-order valence-electron chi connectivity index (χ0n) is 12.0. The van der Waals surface area contributed by atoms with Gasteiger partial charge in [-0.25, -0.2) is 0 Å². The largest absolute Gasteiger partial charge is 0.368 e. The zero-order valence-corrected chi connectivity index (χ0v) is 12.0. The minimum atomic E-state index is -0.944. The number of nitrogens with zero attached hydrogens (tertiary/aromatic N) is 2. The van der Waals surface area contributed by atoms with Crippen LogP contribution in [0.5, 0.6) is 0 Å². The topological polar surface area (TPSA) is 139 Å². The van der Waals surface area contributed by atoms with Gasteiger partial charge < -0.3 is 11.1 Å². The molecule has 1 aromatic rings. The highest BCUT2D eigenvalue weighted by molar-refractivity contribution is 5.87. The maximum Gasteiger partial charge on any atom is 0.269 e. The van der Waals surface area contributed by atoms with Crippen LogP contribution in [0.15, 0.2) is 24.3 Å². The molecule has 0 aliphatic heterocycles. The van der Waals surface area contributed by atoms with Crippen LogP contribution in [0.4, 0.5) is 5.69 Å². The van der Waals surface area contributed by atoms with Gasteiger partial charge in [-0.2, -0.15) is 5.26 Å².